The molecule has 6 nitrogen and oxygen atoms in total. The van der Waals surface area contributed by atoms with Gasteiger partial charge in [-0.15, -0.1) is 11.3 Å². The zero-order valence-electron chi connectivity index (χ0n) is 15.3. The monoisotopic (exact) mass is 368 g/mol. The van der Waals surface area contributed by atoms with E-state index in [9.17, 15) is 0 Å². The molecule has 3 aromatic rings. The Bertz CT molecular complexity index is 929. The maximum absolute atomic E-state index is 4.86. The molecule has 1 aliphatic carbocycles. The number of piperidine rings is 1. The number of thiophene rings is 1. The third-order valence-corrected chi connectivity index (χ3v) is 6.35. The number of fused-ring (bicyclic) bond motifs is 2. The van der Waals surface area contributed by atoms with Crippen molar-refractivity contribution >= 4 is 33.1 Å². The molecule has 0 spiro atoms. The molecule has 5 rings (SSSR count). The number of anilines is 2. The quantitative estimate of drug-likeness (QED) is 0.567. The number of nitrogens with one attached hydrogen (secondary N) is 4. The molecule has 1 saturated heterocycles. The Morgan fingerprint density at radius 2 is 2.00 bits per heavy atom. The standard InChI is InChI=1S/C19H24N6S/c1-19(2,3)24-16-7-14(23-17-10-8-20-9-11(10)17)18-13(22-16)6-15(26-18)12-4-5-21-25-12/h4-7,10-11,17,20H,8-9H2,1-3H3,(H,21,25)(H2,22,23,24)/t10-,11?,17?/m1/s1. The fraction of sp³-hybridized carbons (Fsp3) is 0.474. The third kappa shape index (κ3) is 2.85. The minimum Gasteiger partial charge on any atom is -0.380 e. The Labute approximate surface area is 156 Å². The molecule has 0 radical (unpaired) electrons. The van der Waals surface area contributed by atoms with Crippen molar-refractivity contribution in [3.05, 3.63) is 24.4 Å². The number of aromatic nitrogens is 3. The molecule has 2 unspecified atom stereocenters. The van der Waals surface area contributed by atoms with Gasteiger partial charge in [0.15, 0.2) is 0 Å². The van der Waals surface area contributed by atoms with Crippen LogP contribution in [0.3, 0.4) is 0 Å². The Hall–Kier alpha value is -2.12. The fourth-order valence-electron chi connectivity index (χ4n) is 3.92. The molecule has 1 aliphatic heterocycles. The molecular weight excluding hydrogens is 344 g/mol. The van der Waals surface area contributed by atoms with Crippen molar-refractivity contribution in [3.8, 4) is 10.6 Å². The number of pyridine rings is 1. The average molecular weight is 369 g/mol. The minimum atomic E-state index is -0.0276. The van der Waals surface area contributed by atoms with Gasteiger partial charge in [0.2, 0.25) is 0 Å². The molecular formula is C19H24N6S. The van der Waals surface area contributed by atoms with Gasteiger partial charge < -0.3 is 16.0 Å². The SMILES string of the molecule is CC(C)(C)Nc1cc(NC2C3CNC[C@H]32)c2sc(-c3ccn[nH]3)cc2n1. The summed E-state index contributed by atoms with van der Waals surface area (Å²) in [5.41, 5.74) is 3.23. The van der Waals surface area contributed by atoms with Crippen molar-refractivity contribution in [1.29, 1.82) is 0 Å². The molecule has 4 heterocycles. The van der Waals surface area contributed by atoms with Crippen molar-refractivity contribution < 1.29 is 0 Å². The Morgan fingerprint density at radius 1 is 1.19 bits per heavy atom. The van der Waals surface area contributed by atoms with E-state index in [1.54, 1.807) is 17.5 Å². The minimum absolute atomic E-state index is 0.0276. The summed E-state index contributed by atoms with van der Waals surface area (Å²) in [6.07, 6.45) is 1.79. The van der Waals surface area contributed by atoms with Crippen molar-refractivity contribution in [2.45, 2.75) is 32.4 Å². The van der Waals surface area contributed by atoms with Gasteiger partial charge in [0.1, 0.15) is 5.82 Å². The highest BCUT2D eigenvalue weighted by Crippen LogP contribution is 2.46. The number of H-pyrrole nitrogens is 1. The first-order valence-electron chi connectivity index (χ1n) is 9.18. The predicted octanol–water partition coefficient (Wildman–Crippen LogP) is 3.53. The summed E-state index contributed by atoms with van der Waals surface area (Å²) in [5, 5.41) is 17.9. The lowest BCUT2D eigenvalue weighted by atomic mass is 10.1. The van der Waals surface area contributed by atoms with E-state index < -0.39 is 0 Å². The highest BCUT2D eigenvalue weighted by atomic mass is 32.1. The first-order valence-corrected chi connectivity index (χ1v) is 9.99. The van der Waals surface area contributed by atoms with Crippen LogP contribution in [0.2, 0.25) is 0 Å². The van der Waals surface area contributed by atoms with Gasteiger partial charge in [-0.25, -0.2) is 4.98 Å². The van der Waals surface area contributed by atoms with Crippen LogP contribution in [0.5, 0.6) is 0 Å². The van der Waals surface area contributed by atoms with Crippen LogP contribution in [0.25, 0.3) is 20.8 Å². The van der Waals surface area contributed by atoms with E-state index in [2.05, 4.69) is 59.1 Å². The van der Waals surface area contributed by atoms with Crippen molar-refractivity contribution in [2.24, 2.45) is 11.8 Å². The Morgan fingerprint density at radius 3 is 2.69 bits per heavy atom. The van der Waals surface area contributed by atoms with Crippen LogP contribution < -0.4 is 16.0 Å². The second kappa shape index (κ2) is 5.69. The van der Waals surface area contributed by atoms with E-state index in [-0.39, 0.29) is 5.54 Å². The van der Waals surface area contributed by atoms with Gasteiger partial charge in [0.05, 0.1) is 26.5 Å². The zero-order chi connectivity index (χ0) is 17.9. The van der Waals surface area contributed by atoms with Crippen molar-refractivity contribution in [1.82, 2.24) is 20.5 Å². The molecule has 2 fully saturated rings. The molecule has 0 bridgehead atoms. The van der Waals surface area contributed by atoms with Gasteiger partial charge in [-0.3, -0.25) is 5.10 Å². The summed E-state index contributed by atoms with van der Waals surface area (Å²) >= 11 is 1.77. The summed E-state index contributed by atoms with van der Waals surface area (Å²) in [6, 6.07) is 6.91. The summed E-state index contributed by atoms with van der Waals surface area (Å²) < 4.78 is 1.21. The van der Waals surface area contributed by atoms with Crippen LogP contribution in [-0.2, 0) is 0 Å². The second-order valence-electron chi connectivity index (χ2n) is 8.38. The number of aromatic amines is 1. The van der Waals surface area contributed by atoms with E-state index in [0.717, 1.165) is 42.0 Å². The molecule has 3 atom stereocenters. The Balaban J connectivity index is 1.55. The van der Waals surface area contributed by atoms with E-state index in [4.69, 9.17) is 4.98 Å². The van der Waals surface area contributed by atoms with E-state index in [1.807, 2.05) is 6.07 Å². The second-order valence-corrected chi connectivity index (χ2v) is 9.43. The maximum Gasteiger partial charge on any atom is 0.129 e. The maximum atomic E-state index is 4.86. The fourth-order valence-corrected chi connectivity index (χ4v) is 4.97. The highest BCUT2D eigenvalue weighted by Gasteiger charge is 2.53. The summed E-state index contributed by atoms with van der Waals surface area (Å²) in [7, 11) is 0. The number of hydrogen-bond donors (Lipinski definition) is 4. The smallest absolute Gasteiger partial charge is 0.129 e. The highest BCUT2D eigenvalue weighted by molar-refractivity contribution is 7.22. The van der Waals surface area contributed by atoms with Crippen LogP contribution in [0.4, 0.5) is 11.5 Å². The van der Waals surface area contributed by atoms with Crippen LogP contribution in [0.15, 0.2) is 24.4 Å². The van der Waals surface area contributed by atoms with Crippen molar-refractivity contribution in [2.75, 3.05) is 23.7 Å². The number of rotatable bonds is 4. The largest absolute Gasteiger partial charge is 0.380 e. The predicted molar refractivity (Wildman–Crippen MR) is 108 cm³/mol. The lowest BCUT2D eigenvalue weighted by Crippen LogP contribution is -2.27. The van der Waals surface area contributed by atoms with Crippen molar-refractivity contribution in [3.63, 3.8) is 0 Å². The topological polar surface area (TPSA) is 77.7 Å². The van der Waals surface area contributed by atoms with Crippen LogP contribution in [-0.4, -0.2) is 39.9 Å². The molecule has 2 aliphatic rings. The molecule has 7 heteroatoms. The number of hydrogen-bond acceptors (Lipinski definition) is 6. The molecule has 4 N–H and O–H groups in total. The molecule has 3 aromatic heterocycles. The zero-order valence-corrected chi connectivity index (χ0v) is 16.1. The van der Waals surface area contributed by atoms with E-state index >= 15 is 0 Å². The van der Waals surface area contributed by atoms with Crippen LogP contribution in [0.1, 0.15) is 20.8 Å². The summed E-state index contributed by atoms with van der Waals surface area (Å²) in [5.74, 6) is 2.46. The van der Waals surface area contributed by atoms with E-state index in [0.29, 0.717) is 6.04 Å². The van der Waals surface area contributed by atoms with Crippen LogP contribution in [0, 0.1) is 11.8 Å². The molecule has 0 aromatic carbocycles. The Kier molecular flexibility index (Phi) is 3.52. The van der Waals surface area contributed by atoms with Gasteiger partial charge in [0, 0.05) is 36.9 Å². The van der Waals surface area contributed by atoms with Crippen LogP contribution >= 0.6 is 11.3 Å². The number of nitrogens with zero attached hydrogens (tertiary/aromatic N) is 2. The summed E-state index contributed by atoms with van der Waals surface area (Å²) in [6.45, 7) is 8.74. The first-order chi connectivity index (χ1) is 12.5. The first kappa shape index (κ1) is 16.1. The van der Waals surface area contributed by atoms with Gasteiger partial charge >= 0.3 is 0 Å². The van der Waals surface area contributed by atoms with Gasteiger partial charge in [-0.05, 0) is 44.7 Å². The third-order valence-electron chi connectivity index (χ3n) is 5.16. The lowest BCUT2D eigenvalue weighted by molar-refractivity contribution is 0.631. The van der Waals surface area contributed by atoms with E-state index in [1.165, 1.54) is 15.3 Å². The summed E-state index contributed by atoms with van der Waals surface area (Å²) in [4.78, 5) is 6.03. The molecule has 26 heavy (non-hydrogen) atoms. The van der Waals surface area contributed by atoms with Gasteiger partial charge in [-0.1, -0.05) is 0 Å². The average Bonchev–Trinajstić information content (AvgIpc) is 3.11. The normalized spacial score (nSPS) is 24.7. The van der Waals surface area contributed by atoms with Gasteiger partial charge in [0.25, 0.3) is 0 Å². The molecule has 0 amide bonds. The van der Waals surface area contributed by atoms with Gasteiger partial charge in [-0.2, -0.15) is 5.10 Å². The molecule has 136 valence electrons. The lowest BCUT2D eigenvalue weighted by Gasteiger charge is -2.22. The molecule has 1 saturated carbocycles.